The summed E-state index contributed by atoms with van der Waals surface area (Å²) in [5.74, 6) is 1.000. The predicted molar refractivity (Wildman–Crippen MR) is 73.2 cm³/mol. The van der Waals surface area contributed by atoms with Gasteiger partial charge < -0.3 is 10.6 Å². The van der Waals surface area contributed by atoms with Gasteiger partial charge in [-0.1, -0.05) is 29.8 Å². The minimum Gasteiger partial charge on any atom is -0.382 e. The van der Waals surface area contributed by atoms with E-state index in [2.05, 4.69) is 33.9 Å². The van der Waals surface area contributed by atoms with E-state index < -0.39 is 0 Å². The van der Waals surface area contributed by atoms with E-state index in [9.17, 15) is 0 Å². The van der Waals surface area contributed by atoms with Crippen LogP contribution in [0.5, 0.6) is 0 Å². The zero-order valence-electron chi connectivity index (χ0n) is 9.97. The molecule has 1 aromatic carbocycles. The lowest BCUT2D eigenvalue weighted by Gasteiger charge is -2.24. The Morgan fingerprint density at radius 2 is 2.11 bits per heavy atom. The lowest BCUT2D eigenvalue weighted by Crippen LogP contribution is -2.25. The molecule has 0 saturated carbocycles. The molecule has 0 radical (unpaired) electrons. The average molecular weight is 261 g/mol. The van der Waals surface area contributed by atoms with Crippen molar-refractivity contribution in [1.29, 1.82) is 0 Å². The molecule has 2 aromatic rings. The van der Waals surface area contributed by atoms with Crippen molar-refractivity contribution in [1.82, 2.24) is 9.97 Å². The zero-order chi connectivity index (χ0) is 12.7. The highest BCUT2D eigenvalue weighted by atomic mass is 35.5. The SMILES string of the molecule is CC1Cc2ccccc2N1c1ncnc(N)c1Cl. The van der Waals surface area contributed by atoms with Gasteiger partial charge in [0.05, 0.1) is 0 Å². The van der Waals surface area contributed by atoms with Crippen LogP contribution in [0.25, 0.3) is 0 Å². The molecule has 0 fully saturated rings. The van der Waals surface area contributed by atoms with Crippen molar-refractivity contribution in [3.05, 3.63) is 41.2 Å². The normalized spacial score (nSPS) is 17.9. The van der Waals surface area contributed by atoms with Gasteiger partial charge in [-0.15, -0.1) is 0 Å². The van der Waals surface area contributed by atoms with Crippen LogP contribution in [0.4, 0.5) is 17.3 Å². The third-order valence-corrected chi connectivity index (χ3v) is 3.60. The molecule has 2 heterocycles. The molecule has 0 saturated heterocycles. The molecule has 1 aliphatic heterocycles. The summed E-state index contributed by atoms with van der Waals surface area (Å²) in [6, 6.07) is 8.58. The molecule has 5 heteroatoms. The van der Waals surface area contributed by atoms with Gasteiger partial charge in [-0.05, 0) is 25.0 Å². The Hall–Kier alpha value is -1.81. The van der Waals surface area contributed by atoms with E-state index >= 15 is 0 Å². The molecule has 0 bridgehead atoms. The highest BCUT2D eigenvalue weighted by Crippen LogP contribution is 2.40. The monoisotopic (exact) mass is 260 g/mol. The Morgan fingerprint density at radius 1 is 1.33 bits per heavy atom. The van der Waals surface area contributed by atoms with Gasteiger partial charge in [0.2, 0.25) is 0 Å². The minimum atomic E-state index is 0.314. The van der Waals surface area contributed by atoms with Crippen molar-refractivity contribution in [3.63, 3.8) is 0 Å². The quantitative estimate of drug-likeness (QED) is 0.857. The van der Waals surface area contributed by atoms with Crippen LogP contribution < -0.4 is 10.6 Å². The van der Waals surface area contributed by atoms with E-state index in [0.717, 1.165) is 12.1 Å². The average Bonchev–Trinajstić information content (AvgIpc) is 2.69. The van der Waals surface area contributed by atoms with Crippen LogP contribution in [0.3, 0.4) is 0 Å². The number of fused-ring (bicyclic) bond motifs is 1. The van der Waals surface area contributed by atoms with Gasteiger partial charge in [0.1, 0.15) is 17.2 Å². The van der Waals surface area contributed by atoms with Crippen LogP contribution in [0.15, 0.2) is 30.6 Å². The molecule has 1 aromatic heterocycles. The number of nitrogens with two attached hydrogens (primary N) is 1. The molecule has 0 spiro atoms. The third-order valence-electron chi connectivity index (χ3n) is 3.23. The van der Waals surface area contributed by atoms with Gasteiger partial charge in [-0.25, -0.2) is 9.97 Å². The van der Waals surface area contributed by atoms with Gasteiger partial charge in [0, 0.05) is 11.7 Å². The smallest absolute Gasteiger partial charge is 0.157 e. The summed E-state index contributed by atoms with van der Waals surface area (Å²) in [7, 11) is 0. The van der Waals surface area contributed by atoms with Crippen molar-refractivity contribution in [2.24, 2.45) is 0 Å². The molecule has 3 rings (SSSR count). The second kappa shape index (κ2) is 4.14. The number of rotatable bonds is 1. The van der Waals surface area contributed by atoms with Crippen LogP contribution in [0.1, 0.15) is 12.5 Å². The standard InChI is InChI=1S/C13H13ClN4/c1-8-6-9-4-2-3-5-10(9)18(8)13-11(14)12(15)16-7-17-13/h2-5,7-8H,6H2,1H3,(H2,15,16,17). The number of anilines is 3. The van der Waals surface area contributed by atoms with E-state index in [0.29, 0.717) is 22.7 Å². The number of halogens is 1. The lowest BCUT2D eigenvalue weighted by atomic mass is 10.1. The van der Waals surface area contributed by atoms with Gasteiger partial charge in [-0.2, -0.15) is 0 Å². The van der Waals surface area contributed by atoms with E-state index in [1.807, 2.05) is 12.1 Å². The van der Waals surface area contributed by atoms with Crippen molar-refractivity contribution < 1.29 is 0 Å². The maximum atomic E-state index is 6.21. The summed E-state index contributed by atoms with van der Waals surface area (Å²) in [5, 5.41) is 0.418. The Bertz CT molecular complexity index is 599. The maximum absolute atomic E-state index is 6.21. The van der Waals surface area contributed by atoms with E-state index in [1.54, 1.807) is 0 Å². The molecule has 2 N–H and O–H groups in total. The fourth-order valence-corrected chi connectivity index (χ4v) is 2.62. The topological polar surface area (TPSA) is 55.0 Å². The number of aromatic nitrogens is 2. The number of para-hydroxylation sites is 1. The van der Waals surface area contributed by atoms with Crippen LogP contribution in [0.2, 0.25) is 5.02 Å². The molecular formula is C13H13ClN4. The second-order valence-electron chi connectivity index (χ2n) is 4.45. The number of hydrogen-bond acceptors (Lipinski definition) is 4. The maximum Gasteiger partial charge on any atom is 0.157 e. The van der Waals surface area contributed by atoms with Gasteiger partial charge in [0.25, 0.3) is 0 Å². The number of nitrogen functional groups attached to an aromatic ring is 1. The highest BCUT2D eigenvalue weighted by molar-refractivity contribution is 6.35. The Balaban J connectivity index is 2.15. The highest BCUT2D eigenvalue weighted by Gasteiger charge is 2.29. The third kappa shape index (κ3) is 1.61. The first-order chi connectivity index (χ1) is 8.68. The van der Waals surface area contributed by atoms with Crippen LogP contribution >= 0.6 is 11.6 Å². The van der Waals surface area contributed by atoms with Gasteiger partial charge in [-0.3, -0.25) is 0 Å². The van der Waals surface area contributed by atoms with Gasteiger partial charge in [0.15, 0.2) is 5.82 Å². The molecule has 1 aliphatic rings. The molecule has 18 heavy (non-hydrogen) atoms. The largest absolute Gasteiger partial charge is 0.382 e. The summed E-state index contributed by atoms with van der Waals surface area (Å²) in [6.07, 6.45) is 2.43. The minimum absolute atomic E-state index is 0.314. The summed E-state index contributed by atoms with van der Waals surface area (Å²) >= 11 is 6.21. The van der Waals surface area contributed by atoms with E-state index in [-0.39, 0.29) is 0 Å². The van der Waals surface area contributed by atoms with Crippen molar-refractivity contribution in [3.8, 4) is 0 Å². The zero-order valence-corrected chi connectivity index (χ0v) is 10.7. The molecule has 1 unspecified atom stereocenters. The first kappa shape index (κ1) is 11.3. The lowest BCUT2D eigenvalue weighted by molar-refractivity contribution is 0.749. The van der Waals surface area contributed by atoms with Crippen LogP contribution in [-0.2, 0) is 6.42 Å². The summed E-state index contributed by atoms with van der Waals surface area (Å²) in [6.45, 7) is 2.15. The molecular weight excluding hydrogens is 248 g/mol. The van der Waals surface area contributed by atoms with Crippen LogP contribution in [-0.4, -0.2) is 16.0 Å². The summed E-state index contributed by atoms with van der Waals surface area (Å²) in [5.41, 5.74) is 8.19. The van der Waals surface area contributed by atoms with E-state index in [4.69, 9.17) is 17.3 Å². The molecule has 4 nitrogen and oxygen atoms in total. The Labute approximate surface area is 110 Å². The molecule has 0 amide bonds. The van der Waals surface area contributed by atoms with Crippen LogP contribution in [0, 0.1) is 0 Å². The fraction of sp³-hybridized carbons (Fsp3) is 0.231. The molecule has 0 aliphatic carbocycles. The van der Waals surface area contributed by atoms with Crippen molar-refractivity contribution in [2.75, 3.05) is 10.6 Å². The Morgan fingerprint density at radius 3 is 2.94 bits per heavy atom. The number of benzene rings is 1. The predicted octanol–water partition coefficient (Wildman–Crippen LogP) is 2.79. The molecule has 1 atom stereocenters. The first-order valence-electron chi connectivity index (χ1n) is 5.81. The van der Waals surface area contributed by atoms with E-state index in [1.165, 1.54) is 11.9 Å². The molecule has 92 valence electrons. The number of nitrogens with zero attached hydrogens (tertiary/aromatic N) is 3. The fourth-order valence-electron chi connectivity index (χ4n) is 2.43. The van der Waals surface area contributed by atoms with Gasteiger partial charge >= 0.3 is 0 Å². The number of hydrogen-bond donors (Lipinski definition) is 1. The Kier molecular flexibility index (Phi) is 2.59. The van der Waals surface area contributed by atoms with Crippen molar-refractivity contribution >= 4 is 28.9 Å². The summed E-state index contributed by atoms with van der Waals surface area (Å²) < 4.78 is 0. The first-order valence-corrected chi connectivity index (χ1v) is 6.19. The van der Waals surface area contributed by atoms with Crippen molar-refractivity contribution in [2.45, 2.75) is 19.4 Å². The summed E-state index contributed by atoms with van der Waals surface area (Å²) in [4.78, 5) is 10.3. The second-order valence-corrected chi connectivity index (χ2v) is 4.83.